The SMILES string of the molecule is CC(=O)c1cccc(N=C2SC(=C3Sc4ccccc4N3C)C(=O)N2Cc2cccnc2)c1. The molecule has 0 N–H and O–H groups in total. The van der Waals surface area contributed by atoms with Gasteiger partial charge in [-0.25, -0.2) is 4.99 Å². The molecule has 0 atom stereocenters. The summed E-state index contributed by atoms with van der Waals surface area (Å²) in [6.07, 6.45) is 3.46. The van der Waals surface area contributed by atoms with Gasteiger partial charge in [-0.3, -0.25) is 19.5 Å². The second-order valence-electron chi connectivity index (χ2n) is 7.62. The number of nitrogens with zero attached hydrogens (tertiary/aromatic N) is 4. The van der Waals surface area contributed by atoms with Crippen molar-refractivity contribution in [2.45, 2.75) is 18.4 Å². The van der Waals surface area contributed by atoms with Crippen molar-refractivity contribution in [3.63, 3.8) is 0 Å². The Bertz CT molecular complexity index is 1320. The zero-order valence-electron chi connectivity index (χ0n) is 18.1. The van der Waals surface area contributed by atoms with Crippen molar-refractivity contribution in [3.8, 4) is 0 Å². The number of anilines is 1. The number of ketones is 1. The highest BCUT2D eigenvalue weighted by atomic mass is 32.2. The van der Waals surface area contributed by atoms with Crippen LogP contribution in [0.1, 0.15) is 22.8 Å². The van der Waals surface area contributed by atoms with E-state index >= 15 is 0 Å². The zero-order chi connectivity index (χ0) is 22.9. The molecular weight excluding hydrogens is 452 g/mol. The van der Waals surface area contributed by atoms with E-state index in [9.17, 15) is 9.59 Å². The fourth-order valence-electron chi connectivity index (χ4n) is 3.64. The number of aromatic nitrogens is 1. The highest BCUT2D eigenvalue weighted by molar-refractivity contribution is 8.19. The summed E-state index contributed by atoms with van der Waals surface area (Å²) in [5, 5.41) is 1.47. The molecule has 1 aromatic heterocycles. The number of hydrogen-bond acceptors (Lipinski definition) is 7. The van der Waals surface area contributed by atoms with Crippen LogP contribution in [0, 0.1) is 0 Å². The molecule has 1 amide bonds. The Hall–Kier alpha value is -3.36. The largest absolute Gasteiger partial charge is 0.337 e. The summed E-state index contributed by atoms with van der Waals surface area (Å²) in [6, 6.07) is 19.1. The molecule has 0 aliphatic carbocycles. The molecule has 0 bridgehead atoms. The minimum atomic E-state index is -0.0903. The third-order valence-corrected chi connectivity index (χ3v) is 7.77. The van der Waals surface area contributed by atoms with Gasteiger partial charge in [-0.1, -0.05) is 42.1 Å². The highest BCUT2D eigenvalue weighted by Crippen LogP contribution is 2.50. The molecule has 5 rings (SSSR count). The van der Waals surface area contributed by atoms with Crippen molar-refractivity contribution in [2.75, 3.05) is 11.9 Å². The minimum absolute atomic E-state index is 0.0241. The van der Waals surface area contributed by atoms with Gasteiger partial charge in [0.25, 0.3) is 5.91 Å². The predicted molar refractivity (Wildman–Crippen MR) is 134 cm³/mol. The number of amidine groups is 1. The number of fused-ring (bicyclic) bond motifs is 1. The van der Waals surface area contributed by atoms with Gasteiger partial charge in [0.05, 0.1) is 22.9 Å². The maximum atomic E-state index is 13.6. The maximum Gasteiger partial charge on any atom is 0.269 e. The molecule has 1 saturated heterocycles. The predicted octanol–water partition coefficient (Wildman–Crippen LogP) is 5.46. The van der Waals surface area contributed by atoms with Crippen LogP contribution < -0.4 is 4.90 Å². The number of pyridine rings is 1. The molecule has 8 heteroatoms. The van der Waals surface area contributed by atoms with Crippen molar-refractivity contribution in [1.29, 1.82) is 0 Å². The molecule has 0 unspecified atom stereocenters. The van der Waals surface area contributed by atoms with Gasteiger partial charge in [0.2, 0.25) is 0 Å². The Morgan fingerprint density at radius 2 is 1.91 bits per heavy atom. The van der Waals surface area contributed by atoms with Crippen molar-refractivity contribution in [2.24, 2.45) is 4.99 Å². The standard InChI is InChI=1S/C25H20N4O2S2/c1-16(30)18-8-5-9-19(13-18)27-25-29(15-17-7-6-12-26-14-17)23(31)22(33-25)24-28(2)20-10-3-4-11-21(20)32-24/h3-14H,15H2,1-2H3. The number of carbonyl (C=O) groups excluding carboxylic acids is 2. The average Bonchev–Trinajstić information content (AvgIpc) is 3.31. The first-order valence-electron chi connectivity index (χ1n) is 10.3. The van der Waals surface area contributed by atoms with E-state index in [1.807, 2.05) is 37.4 Å². The van der Waals surface area contributed by atoms with E-state index in [0.717, 1.165) is 21.2 Å². The minimum Gasteiger partial charge on any atom is -0.337 e. The molecule has 2 aliphatic rings. The first kappa shape index (κ1) is 21.5. The molecule has 0 saturated carbocycles. The number of benzene rings is 2. The summed E-state index contributed by atoms with van der Waals surface area (Å²) in [6.45, 7) is 1.89. The third-order valence-electron chi connectivity index (χ3n) is 5.34. The highest BCUT2D eigenvalue weighted by Gasteiger charge is 2.39. The first-order chi connectivity index (χ1) is 16.0. The Kier molecular flexibility index (Phi) is 5.78. The van der Waals surface area contributed by atoms with Gasteiger partial charge in [0.1, 0.15) is 4.91 Å². The molecule has 3 heterocycles. The van der Waals surface area contributed by atoms with Crippen LogP contribution in [0.2, 0.25) is 0 Å². The van der Waals surface area contributed by atoms with Crippen LogP contribution in [0.3, 0.4) is 0 Å². The first-order valence-corrected chi connectivity index (χ1v) is 12.0. The molecule has 3 aromatic rings. The normalized spacial score (nSPS) is 18.8. The van der Waals surface area contributed by atoms with Crippen LogP contribution in [-0.2, 0) is 11.3 Å². The van der Waals surface area contributed by atoms with Gasteiger partial charge in [0, 0.05) is 29.9 Å². The van der Waals surface area contributed by atoms with Crippen molar-refractivity contribution in [1.82, 2.24) is 9.88 Å². The number of hydrogen-bond donors (Lipinski definition) is 0. The van der Waals surface area contributed by atoms with Gasteiger partial charge in [0.15, 0.2) is 11.0 Å². The van der Waals surface area contributed by atoms with Crippen LogP contribution in [-0.4, -0.2) is 33.8 Å². The van der Waals surface area contributed by atoms with E-state index in [1.165, 1.54) is 18.7 Å². The monoisotopic (exact) mass is 472 g/mol. The lowest BCUT2D eigenvalue weighted by atomic mass is 10.1. The topological polar surface area (TPSA) is 65.9 Å². The summed E-state index contributed by atoms with van der Waals surface area (Å²) in [4.78, 5) is 39.9. The second kappa shape index (κ2) is 8.88. The third kappa shape index (κ3) is 4.19. The van der Waals surface area contributed by atoms with E-state index in [-0.39, 0.29) is 11.7 Å². The second-order valence-corrected chi connectivity index (χ2v) is 9.63. The van der Waals surface area contributed by atoms with E-state index in [2.05, 4.69) is 22.0 Å². The van der Waals surface area contributed by atoms with E-state index in [1.54, 1.807) is 47.3 Å². The summed E-state index contributed by atoms with van der Waals surface area (Å²) in [5.41, 5.74) is 3.22. The van der Waals surface area contributed by atoms with Crippen molar-refractivity contribution in [3.05, 3.63) is 94.1 Å². The Morgan fingerprint density at radius 1 is 1.06 bits per heavy atom. The molecule has 2 aromatic carbocycles. The number of thioether (sulfide) groups is 2. The maximum absolute atomic E-state index is 13.6. The summed E-state index contributed by atoms with van der Waals surface area (Å²) >= 11 is 2.96. The lowest BCUT2D eigenvalue weighted by Gasteiger charge is -2.16. The van der Waals surface area contributed by atoms with Crippen LogP contribution in [0.4, 0.5) is 11.4 Å². The lowest BCUT2D eigenvalue weighted by Crippen LogP contribution is -2.29. The van der Waals surface area contributed by atoms with Crippen molar-refractivity contribution < 1.29 is 9.59 Å². The van der Waals surface area contributed by atoms with E-state index in [0.29, 0.717) is 27.9 Å². The quantitative estimate of drug-likeness (QED) is 0.371. The van der Waals surface area contributed by atoms with Gasteiger partial charge < -0.3 is 4.90 Å². The number of aliphatic imine (C=N–C) groups is 1. The summed E-state index contributed by atoms with van der Waals surface area (Å²) < 4.78 is 0. The summed E-state index contributed by atoms with van der Waals surface area (Å²) in [5.74, 6) is -0.114. The van der Waals surface area contributed by atoms with Crippen LogP contribution >= 0.6 is 23.5 Å². The molecule has 1 fully saturated rings. The fraction of sp³-hybridized carbons (Fsp3) is 0.120. The molecule has 0 spiro atoms. The van der Waals surface area contributed by atoms with E-state index < -0.39 is 0 Å². The van der Waals surface area contributed by atoms with Crippen LogP contribution in [0.5, 0.6) is 0 Å². The number of rotatable bonds is 4. The molecule has 33 heavy (non-hydrogen) atoms. The number of para-hydroxylation sites is 1. The Labute approximate surface area is 200 Å². The molecule has 164 valence electrons. The Morgan fingerprint density at radius 3 is 2.67 bits per heavy atom. The van der Waals surface area contributed by atoms with Crippen molar-refractivity contribution >= 4 is 51.8 Å². The van der Waals surface area contributed by atoms with Gasteiger partial charge in [-0.05, 0) is 54.6 Å². The smallest absolute Gasteiger partial charge is 0.269 e. The molecule has 2 aliphatic heterocycles. The number of Topliss-reactive ketones (excluding diaryl/α,β-unsaturated/α-hetero) is 1. The van der Waals surface area contributed by atoms with Gasteiger partial charge in [-0.15, -0.1) is 0 Å². The zero-order valence-corrected chi connectivity index (χ0v) is 19.7. The fourth-order valence-corrected chi connectivity index (χ4v) is 5.98. The van der Waals surface area contributed by atoms with Gasteiger partial charge in [-0.2, -0.15) is 0 Å². The Balaban J connectivity index is 1.56. The summed E-state index contributed by atoms with van der Waals surface area (Å²) in [7, 11) is 1.98. The van der Waals surface area contributed by atoms with Crippen LogP contribution in [0.25, 0.3) is 0 Å². The number of carbonyl (C=O) groups is 2. The molecular formula is C25H20N4O2S2. The van der Waals surface area contributed by atoms with Gasteiger partial charge >= 0.3 is 0 Å². The number of amides is 1. The molecule has 6 nitrogen and oxygen atoms in total. The lowest BCUT2D eigenvalue weighted by molar-refractivity contribution is -0.122. The van der Waals surface area contributed by atoms with E-state index in [4.69, 9.17) is 4.99 Å². The van der Waals surface area contributed by atoms with Crippen LogP contribution in [0.15, 0.2) is 92.9 Å². The molecule has 0 radical (unpaired) electrons. The average molecular weight is 473 g/mol.